The van der Waals surface area contributed by atoms with Crippen molar-refractivity contribution in [2.75, 3.05) is 0 Å². The molecule has 0 saturated carbocycles. The Labute approximate surface area is 295 Å². The van der Waals surface area contributed by atoms with Gasteiger partial charge in [-0.1, -0.05) is 0 Å². The summed E-state index contributed by atoms with van der Waals surface area (Å²) in [5.41, 5.74) is 21.1. The molecular weight excluding hydrogens is 677 g/mol. The zero-order chi connectivity index (χ0) is 32.9. The summed E-state index contributed by atoms with van der Waals surface area (Å²) < 4.78 is 4.52. The minimum absolute atomic E-state index is 0.234. The molecule has 0 bridgehead atoms. The molecule has 9 rings (SSSR count). The van der Waals surface area contributed by atoms with Crippen molar-refractivity contribution < 1.29 is 0 Å². The quantitative estimate of drug-likeness (QED) is 0.164. The van der Waals surface area contributed by atoms with Crippen molar-refractivity contribution in [3.05, 3.63) is 181 Å². The van der Waals surface area contributed by atoms with Crippen molar-refractivity contribution in [3.8, 4) is 22.3 Å². The Morgan fingerprint density at radius 1 is 0.438 bits per heavy atom. The van der Waals surface area contributed by atoms with E-state index in [1.807, 2.05) is 0 Å². The molecule has 6 aromatic carbocycles. The van der Waals surface area contributed by atoms with Gasteiger partial charge < -0.3 is 0 Å². The van der Waals surface area contributed by atoms with E-state index < -0.39 is 12.1 Å². The van der Waals surface area contributed by atoms with Crippen molar-refractivity contribution in [2.45, 2.75) is 45.1 Å². The summed E-state index contributed by atoms with van der Waals surface area (Å²) in [6.07, 6.45) is 0. The molecule has 0 aromatic heterocycles. The van der Waals surface area contributed by atoms with E-state index in [0.29, 0.717) is 0 Å². The molecule has 2 aliphatic carbocycles. The van der Waals surface area contributed by atoms with E-state index in [4.69, 9.17) is 0 Å². The molecule has 1 aliphatic heterocycles. The van der Waals surface area contributed by atoms with Crippen LogP contribution in [0.5, 0.6) is 0 Å². The fourth-order valence-corrected chi connectivity index (χ4v) is 38.3. The van der Waals surface area contributed by atoms with Crippen LogP contribution in [-0.4, -0.2) is 12.1 Å². The predicted molar refractivity (Wildman–Crippen MR) is 212 cm³/mol. The molecule has 1 saturated heterocycles. The number of benzene rings is 6. The van der Waals surface area contributed by atoms with Crippen molar-refractivity contribution in [3.63, 3.8) is 0 Å². The van der Waals surface area contributed by atoms with Gasteiger partial charge in [-0.2, -0.15) is 0 Å². The molecule has 0 unspecified atom stereocenters. The average molecular weight is 716 g/mol. The van der Waals surface area contributed by atoms with Crippen molar-refractivity contribution in [2.24, 2.45) is 0 Å². The number of hydrogen-bond acceptors (Lipinski definition) is 2. The van der Waals surface area contributed by atoms with Gasteiger partial charge in [0, 0.05) is 0 Å². The first-order valence-electron chi connectivity index (χ1n) is 16.9. The summed E-state index contributed by atoms with van der Waals surface area (Å²) in [7, 11) is 2.31. The molecule has 1 fully saturated rings. The van der Waals surface area contributed by atoms with E-state index in [2.05, 4.69) is 185 Å². The predicted octanol–water partition coefficient (Wildman–Crippen LogP) is 10.9. The fraction of sp³-hybridized carbons (Fsp3) is 0.156. The van der Waals surface area contributed by atoms with Crippen molar-refractivity contribution >= 4 is 48.3 Å². The third kappa shape index (κ3) is 3.94. The first-order chi connectivity index (χ1) is 23.3. The molecule has 0 atom stereocenters. The minimum atomic E-state index is -3.73. The van der Waals surface area contributed by atoms with Crippen LogP contribution in [0.1, 0.15) is 55.6 Å². The van der Waals surface area contributed by atoms with Crippen LogP contribution < -0.4 is 8.79 Å². The zero-order valence-electron chi connectivity index (χ0n) is 28.4. The van der Waals surface area contributed by atoms with Crippen LogP contribution in [-0.2, 0) is 3.58 Å². The second-order valence-corrected chi connectivity index (χ2v) is 27.8. The van der Waals surface area contributed by atoms with Gasteiger partial charge >= 0.3 is 297 Å². The molecule has 3 aliphatic rings. The van der Waals surface area contributed by atoms with Crippen LogP contribution in [0.25, 0.3) is 27.8 Å². The van der Waals surface area contributed by atoms with Gasteiger partial charge in [0.2, 0.25) is 0 Å². The Morgan fingerprint density at radius 3 is 1.21 bits per heavy atom. The maximum absolute atomic E-state index is 3.73. The van der Waals surface area contributed by atoms with Gasteiger partial charge in [0.05, 0.1) is 0 Å². The normalized spacial score (nSPS) is 16.2. The van der Waals surface area contributed by atoms with Gasteiger partial charge in [0.15, 0.2) is 0 Å². The van der Waals surface area contributed by atoms with E-state index in [1.54, 1.807) is 8.79 Å². The summed E-state index contributed by atoms with van der Waals surface area (Å²) in [5, 5.41) is 0. The molecule has 6 aromatic rings. The van der Waals surface area contributed by atoms with Gasteiger partial charge in [-0.25, -0.2) is 0 Å². The molecule has 0 radical (unpaired) electrons. The molecule has 1 heterocycles. The zero-order valence-corrected chi connectivity index (χ0v) is 32.1. The molecule has 3 heteroatoms. The van der Waals surface area contributed by atoms with Crippen LogP contribution in [0, 0.1) is 41.5 Å². The Hall–Kier alpha value is -3.70. The van der Waals surface area contributed by atoms with E-state index in [9.17, 15) is 0 Å². The van der Waals surface area contributed by atoms with E-state index in [1.165, 1.54) is 87.7 Å². The fourth-order valence-electron chi connectivity index (χ4n) is 9.52. The Kier molecular flexibility index (Phi) is 6.90. The Morgan fingerprint density at radius 2 is 0.792 bits per heavy atom. The second-order valence-electron chi connectivity index (χ2n) is 14.0. The SMILES string of the molecule is Cc1cc(C)[c]([Ge]2([c]3c(C)cc(C)cc3C)[S]C(=C3c4ccccc4-c4ccccc43)S[C]23c2ccccc2-c2ccccc23)c(C)c1. The van der Waals surface area contributed by atoms with Gasteiger partial charge in [-0.15, -0.1) is 0 Å². The summed E-state index contributed by atoms with van der Waals surface area (Å²) in [6, 6.07) is 46.8. The number of rotatable bonds is 2. The molecule has 48 heavy (non-hydrogen) atoms. The van der Waals surface area contributed by atoms with E-state index in [0.717, 1.165) is 0 Å². The number of hydrogen-bond donors (Lipinski definition) is 0. The third-order valence-electron chi connectivity index (χ3n) is 10.8. The van der Waals surface area contributed by atoms with Crippen LogP contribution in [0.2, 0.25) is 0 Å². The van der Waals surface area contributed by atoms with Crippen LogP contribution >= 0.6 is 21.8 Å². The summed E-state index contributed by atoms with van der Waals surface area (Å²) >= 11 is -1.53. The molecule has 0 N–H and O–H groups in total. The Bertz CT molecular complexity index is 2180. The van der Waals surface area contributed by atoms with Crippen molar-refractivity contribution in [1.29, 1.82) is 0 Å². The molecule has 1 spiro atoms. The van der Waals surface area contributed by atoms with Crippen molar-refractivity contribution in [1.82, 2.24) is 0 Å². The number of fused-ring (bicyclic) bond motifs is 8. The topological polar surface area (TPSA) is 0 Å². The second kappa shape index (κ2) is 10.9. The molecule has 0 amide bonds. The third-order valence-corrected chi connectivity index (χ3v) is 33.4. The summed E-state index contributed by atoms with van der Waals surface area (Å²) in [5.74, 6) is 0. The van der Waals surface area contributed by atoms with Gasteiger partial charge in [0.25, 0.3) is 0 Å². The van der Waals surface area contributed by atoms with Gasteiger partial charge in [0.1, 0.15) is 0 Å². The summed E-state index contributed by atoms with van der Waals surface area (Å²) in [4.78, 5) is 0. The maximum atomic E-state index is 2.48. The van der Waals surface area contributed by atoms with E-state index >= 15 is 0 Å². The molecule has 0 nitrogen and oxygen atoms in total. The first-order valence-corrected chi connectivity index (χ1v) is 24.3. The van der Waals surface area contributed by atoms with Crippen LogP contribution in [0.15, 0.2) is 126 Å². The standard InChI is InChI=1S/C45H38GeS2/c1-27-23-29(3)42(30(4)24-27)46(43-31(5)25-28(2)26-32(43)6)45(39-21-13-11-17-35(39)36-18-12-14-22-40(36)45)47-44(48-46)41-37-19-9-7-15-33(37)34-16-8-10-20-38(34)41/h7-26H,1-6H3. The monoisotopic (exact) mass is 716 g/mol. The molecule has 234 valence electrons. The summed E-state index contributed by atoms with van der Waals surface area (Å²) in [6.45, 7) is 14.1. The van der Waals surface area contributed by atoms with Gasteiger partial charge in [-0.3, -0.25) is 0 Å². The number of thioether (sulfide) groups is 1. The van der Waals surface area contributed by atoms with Gasteiger partial charge in [-0.05, 0) is 0 Å². The van der Waals surface area contributed by atoms with E-state index in [-0.39, 0.29) is 3.58 Å². The van der Waals surface area contributed by atoms with Crippen LogP contribution in [0.4, 0.5) is 0 Å². The van der Waals surface area contributed by atoms with Crippen LogP contribution in [0.3, 0.4) is 0 Å². The first kappa shape index (κ1) is 30.4. The number of aryl methyl sites for hydroxylation is 6. The average Bonchev–Trinajstić information content (AvgIpc) is 3.68. The Balaban J connectivity index is 1.52. The molecular formula is C45H38GeS2.